The van der Waals surface area contributed by atoms with Crippen LogP contribution in [0.1, 0.15) is 24.9 Å². The topological polar surface area (TPSA) is 86.6 Å². The molecular weight excluding hydrogens is 242 g/mol. The van der Waals surface area contributed by atoms with Crippen LogP contribution < -0.4 is 11.1 Å². The first kappa shape index (κ1) is 13.4. The number of rotatable bonds is 6. The molecule has 2 rings (SSSR count). The lowest BCUT2D eigenvalue weighted by atomic mass is 10.3. The van der Waals surface area contributed by atoms with E-state index in [9.17, 15) is 0 Å². The number of anilines is 2. The van der Waals surface area contributed by atoms with Crippen LogP contribution in [-0.4, -0.2) is 31.1 Å². The highest BCUT2D eigenvalue weighted by Gasteiger charge is 2.11. The first-order valence-corrected chi connectivity index (χ1v) is 6.53. The molecule has 0 aliphatic rings. The third kappa shape index (κ3) is 2.86. The van der Waals surface area contributed by atoms with Crippen LogP contribution in [0.25, 0.3) is 0 Å². The molecule has 0 fully saturated rings. The van der Waals surface area contributed by atoms with E-state index in [2.05, 4.69) is 27.5 Å². The van der Waals surface area contributed by atoms with Gasteiger partial charge in [-0.05, 0) is 13.3 Å². The Kier molecular flexibility index (Phi) is 4.03. The smallest absolute Gasteiger partial charge is 0.148 e. The lowest BCUT2D eigenvalue weighted by molar-refractivity contribution is 0.602. The molecule has 0 aliphatic heterocycles. The number of nitrogens with one attached hydrogen (secondary N) is 1. The largest absolute Gasteiger partial charge is 0.394 e. The fourth-order valence-electron chi connectivity index (χ4n) is 1.98. The van der Waals surface area contributed by atoms with Crippen LogP contribution in [0.15, 0.2) is 6.33 Å². The first-order valence-electron chi connectivity index (χ1n) is 6.53. The summed E-state index contributed by atoms with van der Waals surface area (Å²) >= 11 is 0. The van der Waals surface area contributed by atoms with Crippen molar-refractivity contribution in [3.63, 3.8) is 0 Å². The van der Waals surface area contributed by atoms with E-state index in [-0.39, 0.29) is 0 Å². The van der Waals surface area contributed by atoms with Crippen molar-refractivity contribution < 1.29 is 0 Å². The second-order valence-corrected chi connectivity index (χ2v) is 4.61. The molecule has 2 aromatic rings. The van der Waals surface area contributed by atoms with Gasteiger partial charge >= 0.3 is 0 Å². The minimum atomic E-state index is 0.728. The standard InChI is InChI=1S/C12H21N7/c1-4-7-19-12(11(13)9(2)17-19)14-6-5-10-16-15-8-18(10)3/h8,14H,4-7,13H2,1-3H3. The van der Waals surface area contributed by atoms with Crippen molar-refractivity contribution in [1.82, 2.24) is 24.5 Å². The van der Waals surface area contributed by atoms with Crippen molar-refractivity contribution in [3.8, 4) is 0 Å². The van der Waals surface area contributed by atoms with Crippen molar-refractivity contribution >= 4 is 11.5 Å². The predicted octanol–water partition coefficient (Wildman–Crippen LogP) is 0.967. The van der Waals surface area contributed by atoms with Gasteiger partial charge in [0.25, 0.3) is 0 Å². The van der Waals surface area contributed by atoms with E-state index in [1.807, 2.05) is 23.2 Å². The summed E-state index contributed by atoms with van der Waals surface area (Å²) in [6.07, 6.45) is 3.53. The summed E-state index contributed by atoms with van der Waals surface area (Å²) in [5.74, 6) is 1.85. The summed E-state index contributed by atoms with van der Waals surface area (Å²) in [6, 6.07) is 0. The van der Waals surface area contributed by atoms with E-state index in [0.29, 0.717) is 0 Å². The minimum absolute atomic E-state index is 0.728. The zero-order valence-corrected chi connectivity index (χ0v) is 11.7. The Balaban J connectivity index is 2.01. The van der Waals surface area contributed by atoms with Gasteiger partial charge in [-0.3, -0.25) is 0 Å². The highest BCUT2D eigenvalue weighted by molar-refractivity contribution is 5.64. The van der Waals surface area contributed by atoms with Crippen LogP contribution in [0.5, 0.6) is 0 Å². The van der Waals surface area contributed by atoms with Gasteiger partial charge in [0.05, 0.1) is 11.4 Å². The van der Waals surface area contributed by atoms with Crippen molar-refractivity contribution in [1.29, 1.82) is 0 Å². The summed E-state index contributed by atoms with van der Waals surface area (Å²) in [6.45, 7) is 5.67. The van der Waals surface area contributed by atoms with E-state index in [0.717, 1.165) is 49.0 Å². The van der Waals surface area contributed by atoms with Crippen LogP contribution in [0.4, 0.5) is 11.5 Å². The van der Waals surface area contributed by atoms with Gasteiger partial charge in [0.15, 0.2) is 0 Å². The molecule has 0 spiro atoms. The number of nitrogens with zero attached hydrogens (tertiary/aromatic N) is 5. The van der Waals surface area contributed by atoms with E-state index in [1.54, 1.807) is 6.33 Å². The molecule has 0 saturated heterocycles. The molecular formula is C12H21N7. The molecule has 19 heavy (non-hydrogen) atoms. The molecule has 0 radical (unpaired) electrons. The van der Waals surface area contributed by atoms with Crippen LogP contribution in [0.3, 0.4) is 0 Å². The maximum absolute atomic E-state index is 6.04. The second kappa shape index (κ2) is 5.73. The van der Waals surface area contributed by atoms with Gasteiger partial charge in [0.2, 0.25) is 0 Å². The summed E-state index contributed by atoms with van der Waals surface area (Å²) in [7, 11) is 1.94. The molecule has 2 heterocycles. The Bertz CT molecular complexity index is 540. The van der Waals surface area contributed by atoms with E-state index >= 15 is 0 Å². The van der Waals surface area contributed by atoms with E-state index in [1.165, 1.54) is 0 Å². The lowest BCUT2D eigenvalue weighted by Crippen LogP contribution is -2.13. The fraction of sp³-hybridized carbons (Fsp3) is 0.583. The summed E-state index contributed by atoms with van der Waals surface area (Å²) in [5, 5.41) is 15.7. The molecule has 0 atom stereocenters. The number of aryl methyl sites for hydroxylation is 3. The van der Waals surface area contributed by atoms with Gasteiger partial charge in [-0.1, -0.05) is 6.92 Å². The highest BCUT2D eigenvalue weighted by Crippen LogP contribution is 2.22. The number of hydrogen-bond acceptors (Lipinski definition) is 5. The minimum Gasteiger partial charge on any atom is -0.394 e. The van der Waals surface area contributed by atoms with Crippen molar-refractivity contribution in [2.75, 3.05) is 17.6 Å². The Morgan fingerprint density at radius 1 is 1.42 bits per heavy atom. The van der Waals surface area contributed by atoms with Crippen molar-refractivity contribution in [3.05, 3.63) is 17.8 Å². The van der Waals surface area contributed by atoms with Gasteiger partial charge in [0, 0.05) is 26.6 Å². The molecule has 0 amide bonds. The predicted molar refractivity (Wildman–Crippen MR) is 74.9 cm³/mol. The molecule has 3 N–H and O–H groups in total. The summed E-state index contributed by atoms with van der Waals surface area (Å²) in [5.41, 5.74) is 7.64. The lowest BCUT2D eigenvalue weighted by Gasteiger charge is -2.09. The SMILES string of the molecule is CCCn1nc(C)c(N)c1NCCc1nncn1C. The molecule has 7 heteroatoms. The van der Waals surface area contributed by atoms with Crippen LogP contribution >= 0.6 is 0 Å². The maximum atomic E-state index is 6.04. The Morgan fingerprint density at radius 2 is 2.21 bits per heavy atom. The van der Waals surface area contributed by atoms with E-state index < -0.39 is 0 Å². The Morgan fingerprint density at radius 3 is 2.84 bits per heavy atom. The van der Waals surface area contributed by atoms with Crippen LogP contribution in [0, 0.1) is 6.92 Å². The fourth-order valence-corrected chi connectivity index (χ4v) is 1.98. The average Bonchev–Trinajstić information content (AvgIpc) is 2.89. The van der Waals surface area contributed by atoms with Crippen LogP contribution in [0.2, 0.25) is 0 Å². The third-order valence-corrected chi connectivity index (χ3v) is 3.06. The zero-order valence-electron chi connectivity index (χ0n) is 11.7. The molecule has 7 nitrogen and oxygen atoms in total. The summed E-state index contributed by atoms with van der Waals surface area (Å²) < 4.78 is 3.85. The normalized spacial score (nSPS) is 10.9. The van der Waals surface area contributed by atoms with Crippen molar-refractivity contribution in [2.24, 2.45) is 7.05 Å². The number of nitrogens with two attached hydrogens (primary N) is 1. The number of hydrogen-bond donors (Lipinski definition) is 2. The first-order chi connectivity index (χ1) is 9.13. The molecule has 0 bridgehead atoms. The molecule has 0 unspecified atom stereocenters. The van der Waals surface area contributed by atoms with Gasteiger partial charge in [-0.25, -0.2) is 4.68 Å². The Labute approximate surface area is 112 Å². The molecule has 0 aromatic carbocycles. The third-order valence-electron chi connectivity index (χ3n) is 3.06. The number of nitrogen functional groups attached to an aromatic ring is 1. The molecule has 0 saturated carbocycles. The quantitative estimate of drug-likeness (QED) is 0.811. The number of aromatic nitrogens is 5. The zero-order chi connectivity index (χ0) is 13.8. The molecule has 104 valence electrons. The van der Waals surface area contributed by atoms with E-state index in [4.69, 9.17) is 5.73 Å². The van der Waals surface area contributed by atoms with Gasteiger partial charge in [0.1, 0.15) is 18.0 Å². The summed E-state index contributed by atoms with van der Waals surface area (Å²) in [4.78, 5) is 0. The monoisotopic (exact) mass is 263 g/mol. The maximum Gasteiger partial charge on any atom is 0.148 e. The van der Waals surface area contributed by atoms with Crippen molar-refractivity contribution in [2.45, 2.75) is 33.2 Å². The van der Waals surface area contributed by atoms with Gasteiger partial charge < -0.3 is 15.6 Å². The molecule has 0 aliphatic carbocycles. The average molecular weight is 263 g/mol. The second-order valence-electron chi connectivity index (χ2n) is 4.61. The van der Waals surface area contributed by atoms with Gasteiger partial charge in [-0.2, -0.15) is 5.10 Å². The highest BCUT2D eigenvalue weighted by atomic mass is 15.3. The molecule has 2 aromatic heterocycles. The van der Waals surface area contributed by atoms with Crippen LogP contribution in [-0.2, 0) is 20.0 Å². The Hall–Kier alpha value is -2.05. The van der Waals surface area contributed by atoms with Gasteiger partial charge in [-0.15, -0.1) is 10.2 Å².